The molecular weight excluding hydrogens is 1010 g/mol. The minimum absolute atomic E-state index is 0.00278. The normalized spacial score (nSPS) is 25.4. The summed E-state index contributed by atoms with van der Waals surface area (Å²) in [6, 6.07) is 13.9. The molecule has 10 rings (SSSR count). The minimum atomic E-state index is -1.15. The lowest BCUT2D eigenvalue weighted by Gasteiger charge is -2.46. The molecule has 404 valence electrons. The molecule has 0 radical (unpaired) electrons. The second kappa shape index (κ2) is 20.9. The number of halogens is 5. The number of hydrogen-bond acceptors (Lipinski definition) is 10. The Morgan fingerprint density at radius 2 is 1.66 bits per heavy atom. The Morgan fingerprint density at radius 3 is 2.33 bits per heavy atom. The van der Waals surface area contributed by atoms with Gasteiger partial charge in [0.15, 0.2) is 28.8 Å². The lowest BCUT2D eigenvalue weighted by Crippen LogP contribution is -2.54. The third kappa shape index (κ3) is 9.33. The average Bonchev–Trinajstić information content (AvgIpc) is 3.95. The van der Waals surface area contributed by atoms with Crippen molar-refractivity contribution < 1.29 is 51.3 Å². The molecule has 4 fully saturated rings. The number of aromatic nitrogens is 2. The van der Waals surface area contributed by atoms with Gasteiger partial charge in [-0.25, -0.2) is 22.4 Å². The Labute approximate surface area is 443 Å². The number of nitrogens with zero attached hydrogens (tertiary/aromatic N) is 5. The molecule has 20 heteroatoms. The molecule has 76 heavy (non-hydrogen) atoms. The number of imide groups is 1. The number of aliphatic hydroxyl groups is 1. The molecule has 5 heterocycles. The van der Waals surface area contributed by atoms with Gasteiger partial charge >= 0.3 is 6.03 Å². The summed E-state index contributed by atoms with van der Waals surface area (Å²) in [6.45, 7) is 8.13. The van der Waals surface area contributed by atoms with Crippen molar-refractivity contribution in [3.8, 4) is 22.6 Å². The van der Waals surface area contributed by atoms with E-state index < -0.39 is 69.7 Å². The van der Waals surface area contributed by atoms with Gasteiger partial charge in [0.2, 0.25) is 17.7 Å². The molecule has 15 nitrogen and oxygen atoms in total. The number of carbonyl (C=O) groups excluding carboxylic acids is 4. The number of likely N-dealkylation sites (tertiary alicyclic amines) is 2. The van der Waals surface area contributed by atoms with Crippen LogP contribution in [0.3, 0.4) is 0 Å². The van der Waals surface area contributed by atoms with E-state index in [0.717, 1.165) is 18.4 Å². The summed E-state index contributed by atoms with van der Waals surface area (Å²) in [5.74, 6) is -5.60. The fourth-order valence-corrected chi connectivity index (χ4v) is 13.1. The molecule has 1 aliphatic carbocycles. The van der Waals surface area contributed by atoms with Crippen LogP contribution in [0.15, 0.2) is 54.6 Å². The van der Waals surface area contributed by atoms with E-state index in [1.807, 2.05) is 56.0 Å². The largest absolute Gasteiger partial charge is 0.488 e. The van der Waals surface area contributed by atoms with Crippen LogP contribution in [0, 0.1) is 34.6 Å². The number of nitrogens with two attached hydrogens (primary N) is 1. The van der Waals surface area contributed by atoms with Crippen molar-refractivity contribution in [1.82, 2.24) is 30.2 Å². The average molecular weight is 1070 g/mol. The minimum Gasteiger partial charge on any atom is -0.488 e. The highest BCUT2D eigenvalue weighted by molar-refractivity contribution is 6.34. The molecule has 1 aromatic heterocycles. The van der Waals surface area contributed by atoms with Crippen LogP contribution in [0.2, 0.25) is 5.02 Å². The highest BCUT2D eigenvalue weighted by atomic mass is 35.5. The van der Waals surface area contributed by atoms with Gasteiger partial charge in [0.1, 0.15) is 29.5 Å². The van der Waals surface area contributed by atoms with Crippen molar-refractivity contribution in [2.45, 2.75) is 102 Å². The molecule has 5 N–H and O–H groups in total. The fourth-order valence-electron chi connectivity index (χ4n) is 12.9. The first kappa shape index (κ1) is 53.1. The second-order valence-corrected chi connectivity index (χ2v) is 21.9. The van der Waals surface area contributed by atoms with Gasteiger partial charge in [-0.3, -0.25) is 34.2 Å². The van der Waals surface area contributed by atoms with Crippen LogP contribution in [0.4, 0.5) is 28.2 Å². The Bertz CT molecular complexity index is 3110. The predicted octanol–water partition coefficient (Wildman–Crippen LogP) is 8.41. The summed E-state index contributed by atoms with van der Waals surface area (Å²) in [4.78, 5) is 57.2. The number of aryl methyl sites for hydroxylation is 1. The van der Waals surface area contributed by atoms with E-state index in [0.29, 0.717) is 63.8 Å². The number of nitrogens with one attached hydrogen (secondary N) is 2. The molecule has 1 saturated carbocycles. The Hall–Kier alpha value is -6.28. The highest BCUT2D eigenvalue weighted by Crippen LogP contribution is 2.57. The number of fused-ring (bicyclic) bond motifs is 2. The Morgan fingerprint density at radius 1 is 0.934 bits per heavy atom. The van der Waals surface area contributed by atoms with Gasteiger partial charge in [-0.2, -0.15) is 5.10 Å². The number of primary amides is 1. The predicted molar refractivity (Wildman–Crippen MR) is 277 cm³/mol. The number of amides is 5. The third-order valence-corrected chi connectivity index (χ3v) is 17.4. The summed E-state index contributed by atoms with van der Waals surface area (Å²) < 4.78 is 78.6. The topological polar surface area (TPSA) is 185 Å². The van der Waals surface area contributed by atoms with Crippen LogP contribution < -0.4 is 30.7 Å². The summed E-state index contributed by atoms with van der Waals surface area (Å²) >= 11 is 6.73. The standard InChI is InChI=1S/C56H63ClF4N8O7/c1-30-28-68(22-16-35(30)44-38(58)26-37-50(49(44)61)66(4)65-52(37)69-23-17-42(71)64-54(69)74)34-14-20-67(21-15-34)53(73)55(3)18-12-33(13-19-55)63-29-56(32-8-6-5-7-9-32)31(2)43-41(76-56)27-39(59)47(57)46(43)45-36(51(62)72)10-11-40(48(45)60)75-25-24-70/h5-11,26-27,30-31,33-35,63,70H,12-25,28-29H2,1-4H3,(H2,62,72)(H,64,71,74). The lowest BCUT2D eigenvalue weighted by atomic mass is 9.72. The molecule has 4 unspecified atom stereocenters. The van der Waals surface area contributed by atoms with Gasteiger partial charge in [-0.05, 0) is 87.1 Å². The van der Waals surface area contributed by atoms with Crippen molar-refractivity contribution in [2.75, 3.05) is 57.4 Å². The molecule has 0 bridgehead atoms. The smallest absolute Gasteiger partial charge is 0.329 e. The molecular formula is C56H63ClF4N8O7. The van der Waals surface area contributed by atoms with Gasteiger partial charge in [-0.1, -0.05) is 62.7 Å². The quantitative estimate of drug-likeness (QED) is 0.0835. The van der Waals surface area contributed by atoms with Crippen LogP contribution in [0.25, 0.3) is 22.0 Å². The van der Waals surface area contributed by atoms with Gasteiger partial charge in [0.05, 0.1) is 22.6 Å². The van der Waals surface area contributed by atoms with E-state index >= 15 is 17.6 Å². The molecule has 3 saturated heterocycles. The maximum absolute atomic E-state index is 16.5. The summed E-state index contributed by atoms with van der Waals surface area (Å²) in [7, 11) is 1.56. The monoisotopic (exact) mass is 1070 g/mol. The first-order chi connectivity index (χ1) is 36.3. The molecule has 4 aromatic carbocycles. The number of aliphatic hydroxyl groups excluding tert-OH is 1. The number of piperidine rings is 2. The van der Waals surface area contributed by atoms with Crippen molar-refractivity contribution in [1.29, 1.82) is 0 Å². The number of ether oxygens (including phenoxy) is 2. The number of benzene rings is 4. The van der Waals surface area contributed by atoms with E-state index in [1.165, 1.54) is 33.8 Å². The van der Waals surface area contributed by atoms with Crippen LogP contribution in [-0.4, -0.2) is 113 Å². The lowest BCUT2D eigenvalue weighted by molar-refractivity contribution is -0.145. The second-order valence-electron chi connectivity index (χ2n) is 21.6. The number of rotatable bonds is 13. The zero-order chi connectivity index (χ0) is 54.0. The van der Waals surface area contributed by atoms with E-state index in [2.05, 4.69) is 20.6 Å². The first-order valence-electron chi connectivity index (χ1n) is 26.2. The Balaban J connectivity index is 0.777. The van der Waals surface area contributed by atoms with Crippen LogP contribution in [0.5, 0.6) is 11.5 Å². The van der Waals surface area contributed by atoms with Crippen molar-refractivity contribution in [2.24, 2.45) is 24.1 Å². The van der Waals surface area contributed by atoms with E-state index in [4.69, 9.17) is 26.8 Å². The summed E-state index contributed by atoms with van der Waals surface area (Å²) in [5, 5.41) is 19.5. The zero-order valence-electron chi connectivity index (χ0n) is 43.0. The van der Waals surface area contributed by atoms with Crippen LogP contribution >= 0.6 is 11.6 Å². The van der Waals surface area contributed by atoms with Gasteiger partial charge in [0, 0.05) is 97.9 Å². The number of urea groups is 1. The Kier molecular flexibility index (Phi) is 14.6. The maximum Gasteiger partial charge on any atom is 0.329 e. The molecule has 4 atom stereocenters. The van der Waals surface area contributed by atoms with Crippen molar-refractivity contribution in [3.05, 3.63) is 105 Å². The van der Waals surface area contributed by atoms with Crippen molar-refractivity contribution >= 4 is 52.1 Å². The van der Waals surface area contributed by atoms with Crippen LogP contribution in [-0.2, 0) is 22.2 Å². The van der Waals surface area contributed by atoms with Gasteiger partial charge in [-0.15, -0.1) is 0 Å². The molecule has 4 aliphatic heterocycles. The molecule has 0 spiro atoms. The van der Waals surface area contributed by atoms with E-state index in [1.54, 1.807) is 7.05 Å². The molecule has 5 aromatic rings. The zero-order valence-corrected chi connectivity index (χ0v) is 43.8. The van der Waals surface area contributed by atoms with Crippen molar-refractivity contribution in [3.63, 3.8) is 0 Å². The SMILES string of the molecule is CC1CN(C2CCN(C(=O)C3(C)CCC(NCC4(c5ccccc5)Oc5cc(F)c(Cl)c(-c6c(C(N)=O)ccc(OCCO)c6F)c5C4C)CC3)CC2)CCC1c1c(F)cc2c(N3CCC(=O)NC3=O)nn(C)c2c1F. The first-order valence-corrected chi connectivity index (χ1v) is 26.6. The van der Waals surface area contributed by atoms with Crippen LogP contribution in [0.1, 0.15) is 111 Å². The fraction of sp³-hybridized carbons (Fsp3) is 0.482. The number of carbonyl (C=O) groups is 4. The summed E-state index contributed by atoms with van der Waals surface area (Å²) in [5.41, 5.74) is 4.68. The number of hydrogen-bond donors (Lipinski definition) is 4. The molecule has 5 amide bonds. The highest BCUT2D eigenvalue weighted by Gasteiger charge is 2.51. The third-order valence-electron chi connectivity index (χ3n) is 17.1. The van der Waals surface area contributed by atoms with Gasteiger partial charge < -0.3 is 30.5 Å². The van der Waals surface area contributed by atoms with E-state index in [9.17, 15) is 24.3 Å². The van der Waals surface area contributed by atoms with E-state index in [-0.39, 0.29) is 106 Å². The number of anilines is 1. The maximum atomic E-state index is 16.5. The summed E-state index contributed by atoms with van der Waals surface area (Å²) in [6.07, 6.45) is 4.84. The van der Waals surface area contributed by atoms with Gasteiger partial charge in [0.25, 0.3) is 0 Å². The molecule has 5 aliphatic rings.